The molecule has 4 heteroatoms. The third-order valence-electron chi connectivity index (χ3n) is 3.25. The maximum absolute atomic E-state index is 10.9. The third kappa shape index (κ3) is 2.15. The first kappa shape index (κ1) is 10.9. The largest absolute Gasteiger partial charge is 0.379 e. The number of nitrogens with zero attached hydrogens (tertiary/aromatic N) is 1. The van der Waals surface area contributed by atoms with Gasteiger partial charge in [-0.3, -0.25) is 10.1 Å². The van der Waals surface area contributed by atoms with Gasteiger partial charge in [0.25, 0.3) is 5.69 Å². The normalized spacial score (nSPS) is 22.9. The van der Waals surface area contributed by atoms with Gasteiger partial charge in [0.15, 0.2) is 0 Å². The van der Waals surface area contributed by atoms with E-state index in [1.54, 1.807) is 19.1 Å². The van der Waals surface area contributed by atoms with E-state index in [4.69, 9.17) is 0 Å². The minimum atomic E-state index is -0.312. The van der Waals surface area contributed by atoms with Crippen LogP contribution in [0.1, 0.15) is 18.9 Å². The first-order valence-electron chi connectivity index (χ1n) is 5.57. The molecule has 1 fully saturated rings. The van der Waals surface area contributed by atoms with Crippen LogP contribution in [-0.4, -0.2) is 11.5 Å². The van der Waals surface area contributed by atoms with E-state index in [1.165, 1.54) is 6.42 Å². The van der Waals surface area contributed by atoms with Gasteiger partial charge in [-0.05, 0) is 31.2 Å². The van der Waals surface area contributed by atoms with Crippen LogP contribution in [0.15, 0.2) is 18.2 Å². The second kappa shape index (κ2) is 4.12. The van der Waals surface area contributed by atoms with Crippen molar-refractivity contribution < 1.29 is 4.92 Å². The number of rotatable bonds is 4. The molecule has 0 aliphatic heterocycles. The summed E-state index contributed by atoms with van der Waals surface area (Å²) in [5, 5.41) is 14.1. The van der Waals surface area contributed by atoms with Gasteiger partial charge in [0.2, 0.25) is 0 Å². The average molecular weight is 220 g/mol. The summed E-state index contributed by atoms with van der Waals surface area (Å²) in [5.74, 6) is 1.44. The van der Waals surface area contributed by atoms with Crippen LogP contribution in [-0.2, 0) is 0 Å². The molecule has 1 aliphatic rings. The van der Waals surface area contributed by atoms with E-state index in [2.05, 4.69) is 12.2 Å². The van der Waals surface area contributed by atoms with Gasteiger partial charge in [-0.25, -0.2) is 0 Å². The monoisotopic (exact) mass is 220 g/mol. The Hall–Kier alpha value is -1.58. The molecule has 0 spiro atoms. The fourth-order valence-corrected chi connectivity index (χ4v) is 1.97. The lowest BCUT2D eigenvalue weighted by molar-refractivity contribution is -0.384. The topological polar surface area (TPSA) is 55.2 Å². The fourth-order valence-electron chi connectivity index (χ4n) is 1.97. The molecule has 4 nitrogen and oxygen atoms in total. The van der Waals surface area contributed by atoms with Crippen molar-refractivity contribution in [3.8, 4) is 0 Å². The van der Waals surface area contributed by atoms with Gasteiger partial charge in [-0.1, -0.05) is 19.1 Å². The molecule has 0 radical (unpaired) electrons. The van der Waals surface area contributed by atoms with E-state index in [1.807, 2.05) is 6.07 Å². The number of aryl methyl sites for hydroxylation is 1. The van der Waals surface area contributed by atoms with Crippen molar-refractivity contribution in [1.82, 2.24) is 0 Å². The van der Waals surface area contributed by atoms with Gasteiger partial charge >= 0.3 is 0 Å². The van der Waals surface area contributed by atoms with Crippen LogP contribution in [0.25, 0.3) is 0 Å². The Bertz CT molecular complexity index is 417. The lowest BCUT2D eigenvalue weighted by Crippen LogP contribution is -2.07. The molecule has 1 aromatic carbocycles. The standard InChI is InChI=1S/C12H16N2O2/c1-8-4-3-5-11(12(8)14(15)16)13-7-10-6-9(10)2/h3-5,9-10,13H,6-7H2,1-2H3. The van der Waals surface area contributed by atoms with Crippen molar-refractivity contribution in [3.63, 3.8) is 0 Å². The van der Waals surface area contributed by atoms with Gasteiger partial charge < -0.3 is 5.32 Å². The fraction of sp³-hybridized carbons (Fsp3) is 0.500. The van der Waals surface area contributed by atoms with Crippen molar-refractivity contribution in [2.75, 3.05) is 11.9 Å². The molecule has 1 aliphatic carbocycles. The lowest BCUT2D eigenvalue weighted by atomic mass is 10.1. The maximum atomic E-state index is 10.9. The Labute approximate surface area is 94.8 Å². The van der Waals surface area contributed by atoms with Crippen molar-refractivity contribution in [1.29, 1.82) is 0 Å². The zero-order valence-corrected chi connectivity index (χ0v) is 9.56. The molecule has 1 saturated carbocycles. The minimum absolute atomic E-state index is 0.204. The highest BCUT2D eigenvalue weighted by Crippen LogP contribution is 2.38. The van der Waals surface area contributed by atoms with Crippen LogP contribution in [0.2, 0.25) is 0 Å². The number of nitro groups is 1. The van der Waals surface area contributed by atoms with Gasteiger partial charge in [0.1, 0.15) is 5.69 Å². The molecule has 0 heterocycles. The molecule has 0 amide bonds. The number of anilines is 1. The Morgan fingerprint density at radius 2 is 2.25 bits per heavy atom. The molecule has 16 heavy (non-hydrogen) atoms. The number of hydrogen-bond donors (Lipinski definition) is 1. The van der Waals surface area contributed by atoms with Crippen molar-refractivity contribution in [2.45, 2.75) is 20.3 Å². The maximum Gasteiger partial charge on any atom is 0.295 e. The number of para-hydroxylation sites is 1. The number of nitrogens with one attached hydrogen (secondary N) is 1. The average Bonchev–Trinajstić information content (AvgIpc) is 2.91. The first-order chi connectivity index (χ1) is 7.59. The lowest BCUT2D eigenvalue weighted by Gasteiger charge is -2.07. The van der Waals surface area contributed by atoms with Crippen molar-refractivity contribution >= 4 is 11.4 Å². The molecule has 1 aromatic rings. The SMILES string of the molecule is Cc1cccc(NCC2CC2C)c1[N+](=O)[O-]. The predicted molar refractivity (Wildman–Crippen MR) is 63.6 cm³/mol. The number of benzene rings is 1. The van der Waals surface area contributed by atoms with Gasteiger partial charge in [0.05, 0.1) is 4.92 Å². The zero-order chi connectivity index (χ0) is 11.7. The second-order valence-corrected chi connectivity index (χ2v) is 4.58. The van der Waals surface area contributed by atoms with Gasteiger partial charge in [-0.15, -0.1) is 0 Å². The first-order valence-corrected chi connectivity index (χ1v) is 5.57. The molecular formula is C12H16N2O2. The molecule has 2 atom stereocenters. The molecule has 86 valence electrons. The van der Waals surface area contributed by atoms with E-state index >= 15 is 0 Å². The molecular weight excluding hydrogens is 204 g/mol. The summed E-state index contributed by atoms with van der Waals surface area (Å²) in [5.41, 5.74) is 1.55. The van der Waals surface area contributed by atoms with Crippen molar-refractivity contribution in [2.24, 2.45) is 11.8 Å². The Kier molecular flexibility index (Phi) is 2.81. The Morgan fingerprint density at radius 1 is 1.56 bits per heavy atom. The number of hydrogen-bond acceptors (Lipinski definition) is 3. The Balaban J connectivity index is 2.12. The smallest absolute Gasteiger partial charge is 0.295 e. The summed E-state index contributed by atoms with van der Waals surface area (Å²) < 4.78 is 0. The van der Waals surface area contributed by atoms with Crippen LogP contribution in [0.3, 0.4) is 0 Å². The summed E-state index contributed by atoms with van der Waals surface area (Å²) in [6.45, 7) is 4.81. The van der Waals surface area contributed by atoms with Crippen LogP contribution in [0.5, 0.6) is 0 Å². The summed E-state index contributed by atoms with van der Waals surface area (Å²) in [7, 11) is 0. The van der Waals surface area contributed by atoms with Crippen molar-refractivity contribution in [3.05, 3.63) is 33.9 Å². The highest BCUT2D eigenvalue weighted by atomic mass is 16.6. The quantitative estimate of drug-likeness (QED) is 0.627. The second-order valence-electron chi connectivity index (χ2n) is 4.58. The minimum Gasteiger partial charge on any atom is -0.379 e. The van der Waals surface area contributed by atoms with E-state index in [-0.39, 0.29) is 10.6 Å². The van der Waals surface area contributed by atoms with E-state index in [0.717, 1.165) is 12.5 Å². The van der Waals surface area contributed by atoms with Gasteiger partial charge in [0, 0.05) is 12.1 Å². The van der Waals surface area contributed by atoms with Crippen LogP contribution < -0.4 is 5.32 Å². The molecule has 1 N–H and O–H groups in total. The summed E-state index contributed by atoms with van der Waals surface area (Å²) in [4.78, 5) is 10.6. The molecule has 0 bridgehead atoms. The zero-order valence-electron chi connectivity index (χ0n) is 9.56. The molecule has 2 rings (SSSR count). The van der Waals surface area contributed by atoms with Crippen LogP contribution >= 0.6 is 0 Å². The molecule has 0 aromatic heterocycles. The third-order valence-corrected chi connectivity index (χ3v) is 3.25. The summed E-state index contributed by atoms with van der Waals surface area (Å²) in [6, 6.07) is 5.39. The predicted octanol–water partition coefficient (Wildman–Crippen LogP) is 2.97. The van der Waals surface area contributed by atoms with Crippen LogP contribution in [0.4, 0.5) is 11.4 Å². The molecule has 0 saturated heterocycles. The highest BCUT2D eigenvalue weighted by molar-refractivity contribution is 5.65. The van der Waals surface area contributed by atoms with E-state index in [9.17, 15) is 10.1 Å². The Morgan fingerprint density at radius 3 is 2.81 bits per heavy atom. The molecule has 2 unspecified atom stereocenters. The van der Waals surface area contributed by atoms with Crippen LogP contribution in [0, 0.1) is 28.9 Å². The number of nitro benzene ring substituents is 1. The van der Waals surface area contributed by atoms with E-state index < -0.39 is 0 Å². The highest BCUT2D eigenvalue weighted by Gasteiger charge is 2.32. The van der Waals surface area contributed by atoms with E-state index in [0.29, 0.717) is 17.2 Å². The summed E-state index contributed by atoms with van der Waals surface area (Å²) in [6.07, 6.45) is 1.23. The van der Waals surface area contributed by atoms with Gasteiger partial charge in [-0.2, -0.15) is 0 Å². The summed E-state index contributed by atoms with van der Waals surface area (Å²) >= 11 is 0.